The second-order valence-corrected chi connectivity index (χ2v) is 15.5. The fourth-order valence-corrected chi connectivity index (χ4v) is 11.1. The molecule has 1 unspecified atom stereocenters. The third-order valence-corrected chi connectivity index (χ3v) is 13.5. The van der Waals surface area contributed by atoms with Crippen molar-refractivity contribution in [3.63, 3.8) is 0 Å². The van der Waals surface area contributed by atoms with Gasteiger partial charge >= 0.3 is 0 Å². The molecule has 0 aromatic carbocycles. The van der Waals surface area contributed by atoms with Crippen LogP contribution in [-0.4, -0.2) is 36.0 Å². The molecule has 0 saturated heterocycles. The molecule has 5 aliphatic rings. The SMILES string of the molecule is CNC[C@@]1(C)C2CC[C@]3(C)[C@H](CC=C4[C@H]5CC(C)(C)C[C@@H](O)[C@]5(C)CC[C@]43C)[C@@]2(C)CC[C@@H]1O. The van der Waals surface area contributed by atoms with Crippen LogP contribution in [0.2, 0.25) is 0 Å². The number of hydrogen-bond donors (Lipinski definition) is 3. The number of nitrogens with one attached hydrogen (secondary N) is 1. The summed E-state index contributed by atoms with van der Waals surface area (Å²) >= 11 is 0. The van der Waals surface area contributed by atoms with Crippen LogP contribution in [0.15, 0.2) is 11.6 Å². The molecule has 0 aromatic heterocycles. The Balaban J connectivity index is 1.57. The Morgan fingerprint density at radius 1 is 0.824 bits per heavy atom. The molecule has 0 heterocycles. The van der Waals surface area contributed by atoms with Crippen molar-refractivity contribution in [3.05, 3.63) is 11.6 Å². The van der Waals surface area contributed by atoms with Crippen molar-refractivity contribution in [1.29, 1.82) is 0 Å². The van der Waals surface area contributed by atoms with Gasteiger partial charge in [-0.1, -0.05) is 60.1 Å². The summed E-state index contributed by atoms with van der Waals surface area (Å²) < 4.78 is 0. The van der Waals surface area contributed by atoms with Crippen molar-refractivity contribution < 1.29 is 10.2 Å². The van der Waals surface area contributed by atoms with Gasteiger partial charge in [0.25, 0.3) is 0 Å². The second-order valence-electron chi connectivity index (χ2n) is 15.5. The van der Waals surface area contributed by atoms with Crippen LogP contribution in [0.1, 0.15) is 106 Å². The van der Waals surface area contributed by atoms with Gasteiger partial charge in [-0.3, -0.25) is 0 Å². The molecule has 5 rings (SSSR count). The predicted octanol–water partition coefficient (Wildman–Crippen LogP) is 6.34. The van der Waals surface area contributed by atoms with Gasteiger partial charge in [0.2, 0.25) is 0 Å². The highest BCUT2D eigenvalue weighted by Crippen LogP contribution is 2.75. The Bertz CT molecular complexity index is 865. The third kappa shape index (κ3) is 3.05. The van der Waals surface area contributed by atoms with Crippen molar-refractivity contribution >= 4 is 0 Å². The van der Waals surface area contributed by atoms with Gasteiger partial charge in [-0.25, -0.2) is 0 Å². The van der Waals surface area contributed by atoms with Crippen LogP contribution in [-0.2, 0) is 0 Å². The van der Waals surface area contributed by atoms with Gasteiger partial charge in [0.15, 0.2) is 0 Å². The topological polar surface area (TPSA) is 52.5 Å². The number of aliphatic hydroxyl groups is 2. The van der Waals surface area contributed by atoms with Crippen molar-refractivity contribution in [1.82, 2.24) is 5.32 Å². The van der Waals surface area contributed by atoms with Gasteiger partial charge in [-0.2, -0.15) is 0 Å². The average Bonchev–Trinajstić information content (AvgIpc) is 2.73. The molecule has 4 saturated carbocycles. The lowest BCUT2D eigenvalue weighted by Gasteiger charge is -2.71. The van der Waals surface area contributed by atoms with E-state index in [1.165, 1.54) is 32.1 Å². The zero-order chi connectivity index (χ0) is 24.9. The molecule has 0 aromatic rings. The summed E-state index contributed by atoms with van der Waals surface area (Å²) in [5.74, 6) is 1.75. The van der Waals surface area contributed by atoms with Crippen molar-refractivity contribution in [2.75, 3.05) is 13.6 Å². The summed E-state index contributed by atoms with van der Waals surface area (Å²) in [6.45, 7) is 18.3. The van der Waals surface area contributed by atoms with E-state index in [2.05, 4.69) is 59.9 Å². The van der Waals surface area contributed by atoms with Crippen LogP contribution in [0.25, 0.3) is 0 Å². The molecule has 3 N–H and O–H groups in total. The number of aliphatic hydroxyl groups excluding tert-OH is 2. The zero-order valence-electron chi connectivity index (χ0n) is 23.4. The Morgan fingerprint density at radius 3 is 2.21 bits per heavy atom. The Labute approximate surface area is 209 Å². The number of hydrogen-bond acceptors (Lipinski definition) is 3. The van der Waals surface area contributed by atoms with Crippen LogP contribution in [0.5, 0.6) is 0 Å². The monoisotopic (exact) mass is 471 g/mol. The van der Waals surface area contributed by atoms with E-state index < -0.39 is 0 Å². The highest BCUT2D eigenvalue weighted by atomic mass is 16.3. The number of allylic oxidation sites excluding steroid dienone is 2. The van der Waals surface area contributed by atoms with E-state index in [-0.39, 0.29) is 39.3 Å². The maximum atomic E-state index is 11.3. The van der Waals surface area contributed by atoms with Gasteiger partial charge < -0.3 is 15.5 Å². The van der Waals surface area contributed by atoms with Crippen molar-refractivity contribution in [3.8, 4) is 0 Å². The minimum atomic E-state index is -0.200. The van der Waals surface area contributed by atoms with E-state index in [9.17, 15) is 10.2 Å². The zero-order valence-corrected chi connectivity index (χ0v) is 23.4. The van der Waals surface area contributed by atoms with Gasteiger partial charge in [0, 0.05) is 17.4 Å². The fraction of sp³-hybridized carbons (Fsp3) is 0.935. The van der Waals surface area contributed by atoms with E-state index in [0.717, 1.165) is 32.2 Å². The molecule has 3 nitrogen and oxygen atoms in total. The Kier molecular flexibility index (Phi) is 5.63. The fourth-order valence-electron chi connectivity index (χ4n) is 11.1. The molecule has 10 atom stereocenters. The lowest BCUT2D eigenvalue weighted by molar-refractivity contribution is -0.210. The number of rotatable bonds is 2. The highest BCUT2D eigenvalue weighted by Gasteiger charge is 2.68. The molecule has 4 fully saturated rings. The Morgan fingerprint density at radius 2 is 1.53 bits per heavy atom. The van der Waals surface area contributed by atoms with E-state index in [4.69, 9.17) is 0 Å². The molecule has 194 valence electrons. The third-order valence-electron chi connectivity index (χ3n) is 13.5. The summed E-state index contributed by atoms with van der Waals surface area (Å²) in [5, 5.41) is 26.0. The largest absolute Gasteiger partial charge is 0.393 e. The molecule has 0 bridgehead atoms. The number of fused-ring (bicyclic) bond motifs is 7. The minimum absolute atomic E-state index is 0.0332. The molecule has 0 aliphatic heterocycles. The van der Waals surface area contributed by atoms with Gasteiger partial charge in [0.05, 0.1) is 12.2 Å². The molecule has 0 radical (unpaired) electrons. The van der Waals surface area contributed by atoms with Crippen molar-refractivity contribution in [2.45, 2.75) is 118 Å². The highest BCUT2D eigenvalue weighted by molar-refractivity contribution is 5.34. The molecular formula is C31H53NO2. The van der Waals surface area contributed by atoms with E-state index in [0.29, 0.717) is 23.2 Å². The lowest BCUT2D eigenvalue weighted by atomic mass is 9.33. The average molecular weight is 472 g/mol. The molecular weight excluding hydrogens is 418 g/mol. The summed E-state index contributed by atoms with van der Waals surface area (Å²) in [6.07, 6.45) is 12.6. The van der Waals surface area contributed by atoms with Gasteiger partial charge in [-0.05, 0) is 104 Å². The van der Waals surface area contributed by atoms with Gasteiger partial charge in [-0.15, -0.1) is 0 Å². The smallest absolute Gasteiger partial charge is 0.0609 e. The first-order valence-corrected chi connectivity index (χ1v) is 14.4. The van der Waals surface area contributed by atoms with E-state index >= 15 is 0 Å². The molecule has 5 aliphatic carbocycles. The molecule has 3 heteroatoms. The van der Waals surface area contributed by atoms with E-state index in [1.54, 1.807) is 5.57 Å². The summed E-state index contributed by atoms with van der Waals surface area (Å²) in [6, 6.07) is 0. The second kappa shape index (κ2) is 7.57. The quantitative estimate of drug-likeness (QED) is 0.412. The standard InChI is InChI=1S/C31H53NO2/c1-26(2)17-21-20-9-10-23-28(4)13-12-24(33)29(5,19-32-8)22(28)11-14-31(23,7)30(20,6)16-15-27(21,3)25(34)18-26/h9,21-25,32-34H,10-19H2,1-8H3/t21-,22?,23-,24+,25-,27-,28+,29+,30-,31-/m1/s1. The van der Waals surface area contributed by atoms with E-state index in [1.807, 2.05) is 7.05 Å². The summed E-state index contributed by atoms with van der Waals surface area (Å²) in [4.78, 5) is 0. The Hall–Kier alpha value is -0.380. The lowest BCUT2D eigenvalue weighted by Crippen LogP contribution is -2.66. The van der Waals surface area contributed by atoms with Crippen LogP contribution >= 0.6 is 0 Å². The first-order chi connectivity index (χ1) is 15.7. The van der Waals surface area contributed by atoms with Crippen LogP contribution < -0.4 is 5.32 Å². The van der Waals surface area contributed by atoms with Crippen LogP contribution in [0, 0.1) is 50.2 Å². The van der Waals surface area contributed by atoms with Crippen LogP contribution in [0.3, 0.4) is 0 Å². The van der Waals surface area contributed by atoms with Gasteiger partial charge in [0.1, 0.15) is 0 Å². The maximum Gasteiger partial charge on any atom is 0.0609 e. The molecule has 0 spiro atoms. The first kappa shape index (κ1) is 25.3. The molecule has 34 heavy (non-hydrogen) atoms. The molecule has 0 amide bonds. The first-order valence-electron chi connectivity index (χ1n) is 14.4. The van der Waals surface area contributed by atoms with Crippen molar-refractivity contribution in [2.24, 2.45) is 50.2 Å². The predicted molar refractivity (Wildman–Crippen MR) is 140 cm³/mol. The van der Waals surface area contributed by atoms with Crippen LogP contribution in [0.4, 0.5) is 0 Å². The summed E-state index contributed by atoms with van der Waals surface area (Å²) in [7, 11) is 2.05. The maximum absolute atomic E-state index is 11.3. The normalized spacial score (nSPS) is 56.4. The summed E-state index contributed by atoms with van der Waals surface area (Å²) in [5.41, 5.74) is 2.69. The minimum Gasteiger partial charge on any atom is -0.393 e.